The molecule has 2 aliphatic rings. The van der Waals surface area contributed by atoms with Gasteiger partial charge in [0.1, 0.15) is 11.4 Å². The van der Waals surface area contributed by atoms with E-state index in [1.807, 2.05) is 4.90 Å². The van der Waals surface area contributed by atoms with Crippen LogP contribution in [0.2, 0.25) is 0 Å². The topological polar surface area (TPSA) is 193 Å². The number of carboxylic acids is 2. The molecule has 0 spiro atoms. The van der Waals surface area contributed by atoms with Crippen molar-refractivity contribution in [2.45, 2.75) is 32.1 Å². The number of carbonyl (C=O) groups is 4. The van der Waals surface area contributed by atoms with Crippen molar-refractivity contribution in [3.05, 3.63) is 74.7 Å². The number of anilines is 1. The van der Waals surface area contributed by atoms with Crippen LogP contribution in [0.5, 0.6) is 0 Å². The number of nitro groups is 1. The number of halogens is 1. The van der Waals surface area contributed by atoms with Crippen molar-refractivity contribution in [3.63, 3.8) is 0 Å². The first-order chi connectivity index (χ1) is 19.0. The van der Waals surface area contributed by atoms with Crippen LogP contribution in [-0.4, -0.2) is 57.1 Å². The Morgan fingerprint density at radius 1 is 1.18 bits per heavy atom. The molecule has 14 heteroatoms. The number of carboxylic acid groups (broad SMARTS) is 2. The summed E-state index contributed by atoms with van der Waals surface area (Å²) >= 11 is 0. The molecule has 5 rings (SSSR count). The summed E-state index contributed by atoms with van der Waals surface area (Å²) in [4.78, 5) is 56.8. The van der Waals surface area contributed by atoms with E-state index in [1.165, 1.54) is 12.1 Å². The van der Waals surface area contributed by atoms with E-state index in [0.29, 0.717) is 61.3 Å². The average molecular weight is 554 g/mol. The van der Waals surface area contributed by atoms with Gasteiger partial charge in [-0.15, -0.1) is 0 Å². The minimum Gasteiger partial charge on any atom is -0.478 e. The molecule has 1 aromatic heterocycles. The maximum Gasteiger partial charge on any atom is 0.328 e. The van der Waals surface area contributed by atoms with E-state index < -0.39 is 28.7 Å². The standard InChI is InChI=1S/C22H19FN4O5.C4H4O4/c1-2-13-16(10-15-18(20(13)27(30)31)22(29)24-21(15)28)26-7-5-11(6-8-26)19-14-4-3-12(23)9-17(14)32-25-19;5-3(6)1-2-4(7)8/h3-4,9-11H,2,5-8H2,1H3,(H,24,28,29);1-2H,(H,5,6)(H,7,8). The van der Waals surface area contributed by atoms with Crippen molar-refractivity contribution in [2.75, 3.05) is 18.0 Å². The van der Waals surface area contributed by atoms with Crippen LogP contribution in [0.25, 0.3) is 11.0 Å². The van der Waals surface area contributed by atoms with Gasteiger partial charge in [0.25, 0.3) is 17.5 Å². The lowest BCUT2D eigenvalue weighted by Gasteiger charge is -2.34. The molecule has 3 aromatic rings. The lowest BCUT2D eigenvalue weighted by molar-refractivity contribution is -0.385. The Hall–Kier alpha value is -5.14. The second-order valence-electron chi connectivity index (χ2n) is 9.02. The number of rotatable bonds is 6. The molecule has 3 N–H and O–H groups in total. The van der Waals surface area contributed by atoms with Gasteiger partial charge < -0.3 is 19.6 Å². The quantitative estimate of drug-likeness (QED) is 0.175. The number of imide groups is 1. The number of aromatic nitrogens is 1. The van der Waals surface area contributed by atoms with Crippen LogP contribution >= 0.6 is 0 Å². The first kappa shape index (κ1) is 27.9. The van der Waals surface area contributed by atoms with Gasteiger partial charge in [0.2, 0.25) is 0 Å². The first-order valence-electron chi connectivity index (χ1n) is 12.1. The summed E-state index contributed by atoms with van der Waals surface area (Å²) in [7, 11) is 0. The average Bonchev–Trinajstić information content (AvgIpc) is 3.46. The molecule has 208 valence electrons. The Labute approximate surface area is 225 Å². The molecule has 0 radical (unpaired) electrons. The number of carbonyl (C=O) groups excluding carboxylic acids is 2. The van der Waals surface area contributed by atoms with Crippen molar-refractivity contribution >= 4 is 46.1 Å². The van der Waals surface area contributed by atoms with Crippen LogP contribution in [0.4, 0.5) is 15.8 Å². The van der Waals surface area contributed by atoms with Crippen LogP contribution < -0.4 is 10.2 Å². The summed E-state index contributed by atoms with van der Waals surface area (Å²) in [6, 6.07) is 5.94. The molecule has 2 aromatic carbocycles. The Morgan fingerprint density at radius 3 is 2.40 bits per heavy atom. The Kier molecular flexibility index (Phi) is 7.88. The third-order valence-electron chi connectivity index (χ3n) is 6.67. The van der Waals surface area contributed by atoms with Gasteiger partial charge in [-0.2, -0.15) is 0 Å². The van der Waals surface area contributed by atoms with E-state index in [4.69, 9.17) is 14.7 Å². The molecular formula is C26H23FN4O9. The molecule has 0 unspecified atom stereocenters. The van der Waals surface area contributed by atoms with E-state index in [9.17, 15) is 33.7 Å². The van der Waals surface area contributed by atoms with Crippen LogP contribution in [0, 0.1) is 15.9 Å². The normalized spacial score (nSPS) is 15.1. The fraction of sp³-hybridized carbons (Fsp3) is 0.269. The number of amides is 2. The second kappa shape index (κ2) is 11.3. The van der Waals surface area contributed by atoms with E-state index in [-0.39, 0.29) is 28.5 Å². The fourth-order valence-corrected chi connectivity index (χ4v) is 4.93. The van der Waals surface area contributed by atoms with Gasteiger partial charge in [0, 0.05) is 48.3 Å². The summed E-state index contributed by atoms with van der Waals surface area (Å²) in [5.74, 6) is -4.15. The molecular weight excluding hydrogens is 531 g/mol. The maximum atomic E-state index is 13.4. The minimum absolute atomic E-state index is 0.0422. The van der Waals surface area contributed by atoms with Crippen molar-refractivity contribution in [1.82, 2.24) is 10.5 Å². The van der Waals surface area contributed by atoms with Crippen molar-refractivity contribution in [2.24, 2.45) is 0 Å². The number of piperidine rings is 1. The van der Waals surface area contributed by atoms with Crippen LogP contribution in [0.1, 0.15) is 57.7 Å². The van der Waals surface area contributed by atoms with E-state index in [0.717, 1.165) is 11.1 Å². The summed E-state index contributed by atoms with van der Waals surface area (Å²) in [5.41, 5.74) is 1.82. The number of fused-ring (bicyclic) bond motifs is 2. The Morgan fingerprint density at radius 2 is 1.82 bits per heavy atom. The van der Waals surface area contributed by atoms with E-state index in [2.05, 4.69) is 10.5 Å². The first-order valence-corrected chi connectivity index (χ1v) is 12.1. The molecule has 2 aliphatic heterocycles. The summed E-state index contributed by atoms with van der Waals surface area (Å²) in [6.45, 7) is 2.96. The zero-order valence-corrected chi connectivity index (χ0v) is 21.0. The van der Waals surface area contributed by atoms with Crippen LogP contribution in [0.15, 0.2) is 40.9 Å². The van der Waals surface area contributed by atoms with Gasteiger partial charge in [-0.05, 0) is 37.5 Å². The van der Waals surface area contributed by atoms with Crippen LogP contribution in [-0.2, 0) is 16.0 Å². The van der Waals surface area contributed by atoms with Gasteiger partial charge in [-0.25, -0.2) is 14.0 Å². The molecule has 2 amide bonds. The molecule has 3 heterocycles. The molecule has 40 heavy (non-hydrogen) atoms. The zero-order valence-electron chi connectivity index (χ0n) is 21.0. The zero-order chi connectivity index (χ0) is 29.1. The van der Waals surface area contributed by atoms with Crippen LogP contribution in [0.3, 0.4) is 0 Å². The third kappa shape index (κ3) is 5.50. The molecule has 0 aliphatic carbocycles. The molecule has 1 saturated heterocycles. The number of aliphatic carboxylic acids is 2. The van der Waals surface area contributed by atoms with E-state index in [1.54, 1.807) is 19.1 Å². The summed E-state index contributed by atoms with van der Waals surface area (Å²) in [6.07, 6.45) is 2.88. The predicted molar refractivity (Wildman–Crippen MR) is 137 cm³/mol. The van der Waals surface area contributed by atoms with Crippen molar-refractivity contribution < 1.29 is 43.2 Å². The highest BCUT2D eigenvalue weighted by Gasteiger charge is 2.39. The highest BCUT2D eigenvalue weighted by Crippen LogP contribution is 2.40. The third-order valence-corrected chi connectivity index (χ3v) is 6.67. The van der Waals surface area contributed by atoms with Gasteiger partial charge in [-0.3, -0.25) is 25.0 Å². The molecule has 13 nitrogen and oxygen atoms in total. The fourth-order valence-electron chi connectivity index (χ4n) is 4.93. The van der Waals surface area contributed by atoms with Gasteiger partial charge in [-0.1, -0.05) is 12.1 Å². The van der Waals surface area contributed by atoms with Gasteiger partial charge in [0.15, 0.2) is 5.58 Å². The smallest absolute Gasteiger partial charge is 0.328 e. The van der Waals surface area contributed by atoms with Gasteiger partial charge in [0.05, 0.1) is 21.7 Å². The lowest BCUT2D eigenvalue weighted by Crippen LogP contribution is -2.34. The SMILES string of the molecule is CCc1c(N2CCC(c3noc4cc(F)ccc34)CC2)cc2c(c1[N+](=O)[O-])C(=O)NC2=O.O=C(O)C=CC(=O)O. The monoisotopic (exact) mass is 554 g/mol. The number of hydrogen-bond acceptors (Lipinski definition) is 9. The predicted octanol–water partition coefficient (Wildman–Crippen LogP) is 3.42. The Balaban J connectivity index is 0.000000406. The summed E-state index contributed by atoms with van der Waals surface area (Å²) < 4.78 is 18.7. The molecule has 0 saturated carbocycles. The Bertz CT molecular complexity index is 1560. The maximum absolute atomic E-state index is 13.4. The number of nitrogens with zero attached hydrogens (tertiary/aromatic N) is 3. The van der Waals surface area contributed by atoms with Crippen molar-refractivity contribution in [3.8, 4) is 0 Å². The number of hydrogen-bond donors (Lipinski definition) is 3. The highest BCUT2D eigenvalue weighted by molar-refractivity contribution is 6.24. The van der Waals surface area contributed by atoms with Gasteiger partial charge >= 0.3 is 11.9 Å². The number of nitrogens with one attached hydrogen (secondary N) is 1. The molecule has 0 atom stereocenters. The molecule has 0 bridgehead atoms. The largest absolute Gasteiger partial charge is 0.478 e. The van der Waals surface area contributed by atoms with Crippen molar-refractivity contribution in [1.29, 1.82) is 0 Å². The second-order valence-corrected chi connectivity index (χ2v) is 9.02. The van der Waals surface area contributed by atoms with E-state index >= 15 is 0 Å². The number of nitro benzene ring substituents is 1. The number of benzene rings is 2. The lowest BCUT2D eigenvalue weighted by atomic mass is 9.90. The molecule has 1 fully saturated rings. The highest BCUT2D eigenvalue weighted by atomic mass is 19.1. The minimum atomic E-state index is -1.26. The summed E-state index contributed by atoms with van der Waals surface area (Å²) in [5, 5.41) is 34.6.